The lowest BCUT2D eigenvalue weighted by atomic mass is 10.2. The summed E-state index contributed by atoms with van der Waals surface area (Å²) in [7, 11) is 0. The normalized spacial score (nSPS) is 17.0. The van der Waals surface area contributed by atoms with Gasteiger partial charge in [-0.1, -0.05) is 0 Å². The van der Waals surface area contributed by atoms with E-state index in [0.29, 0.717) is 11.3 Å². The summed E-state index contributed by atoms with van der Waals surface area (Å²) < 4.78 is 26.3. The maximum absolute atomic E-state index is 13.1. The molecule has 1 aliphatic rings. The molecule has 0 radical (unpaired) electrons. The predicted octanol–water partition coefficient (Wildman–Crippen LogP) is 2.20. The van der Waals surface area contributed by atoms with Crippen LogP contribution in [0.5, 0.6) is 0 Å². The summed E-state index contributed by atoms with van der Waals surface area (Å²) in [5, 5.41) is 8.37. The predicted molar refractivity (Wildman–Crippen MR) is 45.6 cm³/mol. The van der Waals surface area contributed by atoms with Crippen molar-refractivity contribution in [1.29, 1.82) is 0 Å². The van der Waals surface area contributed by atoms with Crippen LogP contribution in [0.4, 0.5) is 8.78 Å². The molecule has 6 heteroatoms. The first kappa shape index (κ1) is 9.51. The zero-order chi connectivity index (χ0) is 10.3. The molecule has 1 N–H and O–H groups in total. The second-order valence-electron chi connectivity index (χ2n) is 3.22. The summed E-state index contributed by atoms with van der Waals surface area (Å²) in [6.07, 6.45) is 1.65. The molecule has 0 amide bonds. The van der Waals surface area contributed by atoms with Gasteiger partial charge >= 0.3 is 11.9 Å². The molecule has 2 rings (SSSR count). The Morgan fingerprint density at radius 1 is 1.64 bits per heavy atom. The van der Waals surface area contributed by atoms with Crippen molar-refractivity contribution in [3.8, 4) is 0 Å². The van der Waals surface area contributed by atoms with Gasteiger partial charge in [-0.05, 0) is 12.8 Å². The molecule has 1 aliphatic carbocycles. The highest BCUT2D eigenvalue weighted by atomic mass is 32.1. The molecule has 0 bridgehead atoms. The maximum Gasteiger partial charge on any atom is 0.380 e. The van der Waals surface area contributed by atoms with E-state index in [-0.39, 0.29) is 11.6 Å². The van der Waals surface area contributed by atoms with Crippen LogP contribution in [0.2, 0.25) is 0 Å². The lowest BCUT2D eigenvalue weighted by Gasteiger charge is -2.09. The lowest BCUT2D eigenvalue weighted by Crippen LogP contribution is -2.25. The molecule has 14 heavy (non-hydrogen) atoms. The molecule has 0 spiro atoms. The lowest BCUT2D eigenvalue weighted by molar-refractivity contribution is -0.165. The van der Waals surface area contributed by atoms with Crippen molar-refractivity contribution in [1.82, 2.24) is 4.98 Å². The number of aromatic nitrogens is 1. The Morgan fingerprint density at radius 2 is 2.29 bits per heavy atom. The van der Waals surface area contributed by atoms with Crippen LogP contribution >= 0.6 is 11.3 Å². The van der Waals surface area contributed by atoms with Gasteiger partial charge in [0.2, 0.25) is 0 Å². The molecule has 3 nitrogen and oxygen atoms in total. The van der Waals surface area contributed by atoms with Crippen molar-refractivity contribution in [2.24, 2.45) is 0 Å². The summed E-state index contributed by atoms with van der Waals surface area (Å²) in [6, 6.07) is 0. The molecule has 76 valence electrons. The number of halogens is 2. The van der Waals surface area contributed by atoms with Crippen molar-refractivity contribution in [2.75, 3.05) is 0 Å². The standard InChI is InChI=1S/C8H7F2NO2S/c9-8(10,7(12)13)6-5(4-1-2-4)11-3-14-6/h3-4H,1-2H2,(H,12,13). The highest BCUT2D eigenvalue weighted by molar-refractivity contribution is 7.10. The largest absolute Gasteiger partial charge is 0.477 e. The zero-order valence-corrected chi connectivity index (χ0v) is 7.85. The minimum Gasteiger partial charge on any atom is -0.477 e. The summed E-state index contributed by atoms with van der Waals surface area (Å²) in [5.74, 6) is -5.86. The smallest absolute Gasteiger partial charge is 0.380 e. The number of carboxylic acids is 1. The molecular formula is C8H7F2NO2S. The highest BCUT2D eigenvalue weighted by Crippen LogP contribution is 2.46. The zero-order valence-electron chi connectivity index (χ0n) is 7.04. The van der Waals surface area contributed by atoms with Crippen LogP contribution < -0.4 is 0 Å². The van der Waals surface area contributed by atoms with Gasteiger partial charge in [0.25, 0.3) is 0 Å². The summed E-state index contributed by atoms with van der Waals surface area (Å²) in [5.41, 5.74) is 1.54. The molecule has 0 atom stereocenters. The Hall–Kier alpha value is -1.04. The molecule has 0 aromatic carbocycles. The Morgan fingerprint density at radius 3 is 2.79 bits per heavy atom. The van der Waals surface area contributed by atoms with E-state index in [1.54, 1.807) is 0 Å². The Kier molecular flexibility index (Phi) is 2.02. The van der Waals surface area contributed by atoms with Crippen molar-refractivity contribution in [3.63, 3.8) is 0 Å². The number of hydrogen-bond acceptors (Lipinski definition) is 3. The van der Waals surface area contributed by atoms with Crippen molar-refractivity contribution >= 4 is 17.3 Å². The number of thiazole rings is 1. The van der Waals surface area contributed by atoms with Gasteiger partial charge in [-0.25, -0.2) is 9.78 Å². The van der Waals surface area contributed by atoms with E-state index in [1.807, 2.05) is 0 Å². The Labute approximate surface area is 82.4 Å². The number of nitrogens with zero attached hydrogens (tertiary/aromatic N) is 1. The van der Waals surface area contributed by atoms with Crippen LogP contribution in [0.1, 0.15) is 29.3 Å². The SMILES string of the molecule is O=C(O)C(F)(F)c1scnc1C1CC1. The van der Waals surface area contributed by atoms with Gasteiger partial charge in [0.05, 0.1) is 11.2 Å². The van der Waals surface area contributed by atoms with Gasteiger partial charge < -0.3 is 5.11 Å². The van der Waals surface area contributed by atoms with E-state index in [1.165, 1.54) is 5.51 Å². The van der Waals surface area contributed by atoms with Crippen LogP contribution in [-0.2, 0) is 10.7 Å². The van der Waals surface area contributed by atoms with E-state index in [0.717, 1.165) is 12.8 Å². The van der Waals surface area contributed by atoms with Crippen LogP contribution in [0.3, 0.4) is 0 Å². The van der Waals surface area contributed by atoms with E-state index in [4.69, 9.17) is 5.11 Å². The molecule has 1 saturated carbocycles. The maximum atomic E-state index is 13.1. The summed E-state index contributed by atoms with van der Waals surface area (Å²) in [4.78, 5) is 13.7. The molecular weight excluding hydrogens is 212 g/mol. The molecule has 0 aliphatic heterocycles. The van der Waals surface area contributed by atoms with E-state index in [2.05, 4.69) is 4.98 Å². The first-order chi connectivity index (χ1) is 6.53. The summed E-state index contributed by atoms with van der Waals surface area (Å²) >= 11 is 0.711. The van der Waals surface area contributed by atoms with Crippen molar-refractivity contribution < 1.29 is 18.7 Å². The van der Waals surface area contributed by atoms with Crippen LogP contribution in [0.15, 0.2) is 5.51 Å². The number of alkyl halides is 2. The Balaban J connectivity index is 2.39. The minimum absolute atomic E-state index is 0.0430. The van der Waals surface area contributed by atoms with Crippen molar-refractivity contribution in [2.45, 2.75) is 24.7 Å². The number of hydrogen-bond donors (Lipinski definition) is 1. The molecule has 1 fully saturated rings. The van der Waals surface area contributed by atoms with Crippen LogP contribution in [0.25, 0.3) is 0 Å². The fourth-order valence-corrected chi connectivity index (χ4v) is 2.08. The van der Waals surface area contributed by atoms with Gasteiger partial charge in [-0.15, -0.1) is 11.3 Å². The molecule has 1 aromatic rings. The monoisotopic (exact) mass is 219 g/mol. The van der Waals surface area contributed by atoms with Gasteiger partial charge in [0, 0.05) is 5.92 Å². The van der Waals surface area contributed by atoms with E-state index < -0.39 is 16.8 Å². The van der Waals surface area contributed by atoms with E-state index >= 15 is 0 Å². The third-order valence-electron chi connectivity index (χ3n) is 2.11. The van der Waals surface area contributed by atoms with Gasteiger partial charge in [-0.3, -0.25) is 0 Å². The first-order valence-corrected chi connectivity index (χ1v) is 4.96. The Bertz CT molecular complexity index is 373. The number of aliphatic carboxylic acids is 1. The average Bonchev–Trinajstić information content (AvgIpc) is 2.83. The van der Waals surface area contributed by atoms with Gasteiger partial charge in [-0.2, -0.15) is 8.78 Å². The summed E-state index contributed by atoms with van der Waals surface area (Å²) in [6.45, 7) is 0. The third-order valence-corrected chi connectivity index (χ3v) is 3.02. The number of rotatable bonds is 3. The second kappa shape index (κ2) is 2.98. The van der Waals surface area contributed by atoms with Gasteiger partial charge in [0.15, 0.2) is 0 Å². The van der Waals surface area contributed by atoms with E-state index in [9.17, 15) is 13.6 Å². The van der Waals surface area contributed by atoms with Crippen LogP contribution in [0, 0.1) is 0 Å². The van der Waals surface area contributed by atoms with Gasteiger partial charge in [0.1, 0.15) is 4.88 Å². The molecule has 0 unspecified atom stereocenters. The third kappa shape index (κ3) is 1.39. The second-order valence-corrected chi connectivity index (χ2v) is 4.08. The topological polar surface area (TPSA) is 50.2 Å². The minimum atomic E-state index is -3.79. The average molecular weight is 219 g/mol. The molecule has 0 saturated heterocycles. The molecule has 1 heterocycles. The first-order valence-electron chi connectivity index (χ1n) is 4.08. The highest BCUT2D eigenvalue weighted by Gasteiger charge is 2.47. The fourth-order valence-electron chi connectivity index (χ4n) is 1.23. The molecule has 1 aromatic heterocycles. The van der Waals surface area contributed by atoms with Crippen molar-refractivity contribution in [3.05, 3.63) is 16.1 Å². The number of carboxylic acid groups (broad SMARTS) is 1. The quantitative estimate of drug-likeness (QED) is 0.847. The fraction of sp³-hybridized carbons (Fsp3) is 0.500. The van der Waals surface area contributed by atoms with Crippen LogP contribution in [-0.4, -0.2) is 16.1 Å². The number of carbonyl (C=O) groups is 1.